The number of aromatic amines is 1. The van der Waals surface area contributed by atoms with Crippen LogP contribution in [-0.2, 0) is 6.42 Å². The maximum Gasteiger partial charge on any atom is 0.274 e. The van der Waals surface area contributed by atoms with Crippen LogP contribution in [-0.4, -0.2) is 43.6 Å². The van der Waals surface area contributed by atoms with Gasteiger partial charge in [0.25, 0.3) is 11.5 Å². The van der Waals surface area contributed by atoms with Gasteiger partial charge in [0, 0.05) is 23.7 Å². The van der Waals surface area contributed by atoms with Crippen LogP contribution in [0.1, 0.15) is 72.2 Å². The summed E-state index contributed by atoms with van der Waals surface area (Å²) in [7, 11) is 0. The molecule has 154 valence electrons. The predicted octanol–water partition coefficient (Wildman–Crippen LogP) is 3.65. The number of amides is 1. The van der Waals surface area contributed by atoms with Crippen LogP contribution >= 0.6 is 11.3 Å². The third kappa shape index (κ3) is 3.50. The van der Waals surface area contributed by atoms with Crippen molar-refractivity contribution >= 4 is 27.5 Å². The van der Waals surface area contributed by atoms with E-state index in [0.29, 0.717) is 18.8 Å². The van der Waals surface area contributed by atoms with Crippen LogP contribution in [0.15, 0.2) is 17.2 Å². The van der Waals surface area contributed by atoms with Gasteiger partial charge in [-0.15, -0.1) is 11.3 Å². The molecule has 4 rings (SSSR count). The standard InChI is InChI=1S/C21H27N5O2S/c1-5-15-13(4)29-19-18(15)21(28)26(11-22-19)14-7-6-8-25(10-14)20(27)17-9-16(12(2)3)23-24-17/h9,11-12,14H,5-8,10H2,1-4H3,(H,23,24). The molecule has 4 heterocycles. The summed E-state index contributed by atoms with van der Waals surface area (Å²) in [4.78, 5) is 34.5. The number of piperidine rings is 1. The number of aryl methyl sites for hydroxylation is 2. The van der Waals surface area contributed by atoms with E-state index >= 15 is 0 Å². The van der Waals surface area contributed by atoms with Gasteiger partial charge in [-0.05, 0) is 43.7 Å². The second-order valence-corrected chi connectivity index (χ2v) is 9.24. The highest BCUT2D eigenvalue weighted by Crippen LogP contribution is 2.28. The number of thiophene rings is 1. The van der Waals surface area contributed by atoms with Crippen LogP contribution in [0.5, 0.6) is 0 Å². The minimum atomic E-state index is -0.0828. The molecule has 1 amide bonds. The minimum Gasteiger partial charge on any atom is -0.335 e. The summed E-state index contributed by atoms with van der Waals surface area (Å²) in [6.45, 7) is 9.42. The van der Waals surface area contributed by atoms with Crippen LogP contribution in [0.25, 0.3) is 10.2 Å². The van der Waals surface area contributed by atoms with Gasteiger partial charge in [0.05, 0.1) is 17.8 Å². The fourth-order valence-electron chi connectivity index (χ4n) is 4.13. The molecule has 1 aliphatic heterocycles. The number of H-pyrrole nitrogens is 1. The smallest absolute Gasteiger partial charge is 0.274 e. The summed E-state index contributed by atoms with van der Waals surface area (Å²) < 4.78 is 1.73. The van der Waals surface area contributed by atoms with Gasteiger partial charge in [-0.25, -0.2) is 4.98 Å². The third-order valence-electron chi connectivity index (χ3n) is 5.81. The second-order valence-electron chi connectivity index (χ2n) is 8.04. The van der Waals surface area contributed by atoms with Crippen molar-refractivity contribution in [2.75, 3.05) is 13.1 Å². The molecule has 8 heteroatoms. The van der Waals surface area contributed by atoms with Crippen molar-refractivity contribution in [3.05, 3.63) is 44.6 Å². The van der Waals surface area contributed by atoms with Gasteiger partial charge in [0.2, 0.25) is 0 Å². The summed E-state index contributed by atoms with van der Waals surface area (Å²) in [5, 5.41) is 7.89. The van der Waals surface area contributed by atoms with E-state index in [4.69, 9.17) is 0 Å². The Balaban J connectivity index is 1.62. The van der Waals surface area contributed by atoms with Gasteiger partial charge >= 0.3 is 0 Å². The maximum atomic E-state index is 13.3. The fraction of sp³-hybridized carbons (Fsp3) is 0.524. The number of likely N-dealkylation sites (tertiary alicyclic amines) is 1. The molecule has 1 atom stereocenters. The summed E-state index contributed by atoms with van der Waals surface area (Å²) >= 11 is 1.58. The predicted molar refractivity (Wildman–Crippen MR) is 115 cm³/mol. The number of aromatic nitrogens is 4. The molecule has 1 N–H and O–H groups in total. The summed E-state index contributed by atoms with van der Waals surface area (Å²) in [6.07, 6.45) is 4.19. The van der Waals surface area contributed by atoms with Crippen molar-refractivity contribution in [1.29, 1.82) is 0 Å². The molecule has 29 heavy (non-hydrogen) atoms. The normalized spacial score (nSPS) is 17.4. The largest absolute Gasteiger partial charge is 0.335 e. The second kappa shape index (κ2) is 7.74. The minimum absolute atomic E-state index is 0.0114. The first-order chi connectivity index (χ1) is 13.9. The van der Waals surface area contributed by atoms with E-state index in [1.165, 1.54) is 0 Å². The number of fused-ring (bicyclic) bond motifs is 1. The lowest BCUT2D eigenvalue weighted by Gasteiger charge is -2.33. The summed E-state index contributed by atoms with van der Waals surface area (Å²) in [6, 6.07) is 1.77. The van der Waals surface area contributed by atoms with Gasteiger partial charge in [0.15, 0.2) is 0 Å². The molecule has 0 aromatic carbocycles. The van der Waals surface area contributed by atoms with Crippen LogP contribution < -0.4 is 5.56 Å². The molecule has 3 aromatic rings. The lowest BCUT2D eigenvalue weighted by atomic mass is 10.0. The van der Waals surface area contributed by atoms with Crippen molar-refractivity contribution in [3.63, 3.8) is 0 Å². The van der Waals surface area contributed by atoms with E-state index in [1.54, 1.807) is 22.2 Å². The average molecular weight is 414 g/mol. The SMILES string of the molecule is CCc1c(C)sc2ncn(C3CCCN(C(=O)c4cc(C(C)C)[nH]n4)C3)c(=O)c12. The number of nitrogens with zero attached hydrogens (tertiary/aromatic N) is 4. The number of carbonyl (C=O) groups is 1. The van der Waals surface area contributed by atoms with E-state index in [1.807, 2.05) is 17.9 Å². The number of nitrogens with one attached hydrogen (secondary N) is 1. The molecule has 7 nitrogen and oxygen atoms in total. The highest BCUT2D eigenvalue weighted by Gasteiger charge is 2.28. The molecule has 1 unspecified atom stereocenters. The Morgan fingerprint density at radius 1 is 1.41 bits per heavy atom. The van der Waals surface area contributed by atoms with E-state index in [9.17, 15) is 9.59 Å². The van der Waals surface area contributed by atoms with E-state index in [-0.39, 0.29) is 23.4 Å². The highest BCUT2D eigenvalue weighted by atomic mass is 32.1. The molecule has 0 radical (unpaired) electrons. The Hall–Kier alpha value is -2.48. The average Bonchev–Trinajstić information content (AvgIpc) is 3.32. The zero-order chi connectivity index (χ0) is 20.7. The molecular formula is C21H27N5O2S. The van der Waals surface area contributed by atoms with E-state index in [0.717, 1.165) is 45.6 Å². The van der Waals surface area contributed by atoms with Crippen molar-refractivity contribution in [3.8, 4) is 0 Å². The number of rotatable bonds is 4. The van der Waals surface area contributed by atoms with Gasteiger partial charge in [0.1, 0.15) is 10.5 Å². The Morgan fingerprint density at radius 2 is 2.21 bits per heavy atom. The summed E-state index contributed by atoms with van der Waals surface area (Å²) in [5.41, 5.74) is 2.50. The lowest BCUT2D eigenvalue weighted by molar-refractivity contribution is 0.0671. The Bertz CT molecular complexity index is 1110. The highest BCUT2D eigenvalue weighted by molar-refractivity contribution is 7.18. The van der Waals surface area contributed by atoms with E-state index < -0.39 is 0 Å². The zero-order valence-corrected chi connectivity index (χ0v) is 18.2. The van der Waals surface area contributed by atoms with Crippen molar-refractivity contribution in [2.24, 2.45) is 0 Å². The van der Waals surface area contributed by atoms with Crippen molar-refractivity contribution < 1.29 is 4.79 Å². The summed E-state index contributed by atoms with van der Waals surface area (Å²) in [5.74, 6) is 0.205. The molecule has 1 saturated heterocycles. The van der Waals surface area contributed by atoms with E-state index in [2.05, 4.69) is 36.0 Å². The Morgan fingerprint density at radius 3 is 2.90 bits per heavy atom. The van der Waals surface area contributed by atoms with Crippen LogP contribution in [0.2, 0.25) is 0 Å². The molecule has 1 fully saturated rings. The number of hydrogen-bond acceptors (Lipinski definition) is 5. The molecular weight excluding hydrogens is 386 g/mol. The first kappa shape index (κ1) is 19.8. The number of carbonyl (C=O) groups excluding carboxylic acids is 1. The molecule has 0 bridgehead atoms. The fourth-order valence-corrected chi connectivity index (χ4v) is 5.20. The Labute approximate surface area is 173 Å². The maximum absolute atomic E-state index is 13.3. The van der Waals surface area contributed by atoms with Crippen LogP contribution in [0.3, 0.4) is 0 Å². The van der Waals surface area contributed by atoms with Gasteiger partial charge < -0.3 is 4.90 Å². The third-order valence-corrected chi connectivity index (χ3v) is 6.86. The Kier molecular flexibility index (Phi) is 5.29. The van der Waals surface area contributed by atoms with Gasteiger partial charge in [-0.2, -0.15) is 5.10 Å². The molecule has 0 spiro atoms. The number of hydrogen-bond donors (Lipinski definition) is 1. The van der Waals surface area contributed by atoms with Crippen molar-refractivity contribution in [1.82, 2.24) is 24.6 Å². The van der Waals surface area contributed by atoms with Gasteiger partial charge in [-0.3, -0.25) is 19.3 Å². The van der Waals surface area contributed by atoms with Crippen LogP contribution in [0, 0.1) is 6.92 Å². The van der Waals surface area contributed by atoms with Crippen molar-refractivity contribution in [2.45, 2.75) is 58.9 Å². The quantitative estimate of drug-likeness (QED) is 0.708. The monoisotopic (exact) mass is 413 g/mol. The molecule has 0 aliphatic carbocycles. The molecule has 0 saturated carbocycles. The topological polar surface area (TPSA) is 83.9 Å². The van der Waals surface area contributed by atoms with Gasteiger partial charge in [-0.1, -0.05) is 20.8 Å². The lowest BCUT2D eigenvalue weighted by Crippen LogP contribution is -2.43. The molecule has 1 aliphatic rings. The zero-order valence-electron chi connectivity index (χ0n) is 17.4. The first-order valence-corrected chi connectivity index (χ1v) is 11.1. The van der Waals surface area contributed by atoms with Crippen LogP contribution in [0.4, 0.5) is 0 Å². The molecule has 3 aromatic heterocycles. The first-order valence-electron chi connectivity index (χ1n) is 10.2.